The van der Waals surface area contributed by atoms with E-state index in [1.54, 1.807) is 12.4 Å². The Kier molecular flexibility index (Phi) is 5.40. The normalized spacial score (nSPS) is 20.4. The number of esters is 1. The average Bonchev–Trinajstić information content (AvgIpc) is 3.41. The van der Waals surface area contributed by atoms with E-state index in [0.717, 1.165) is 35.5 Å². The Morgan fingerprint density at radius 3 is 2.91 bits per heavy atom. The Bertz CT molecular complexity index is 1280. The van der Waals surface area contributed by atoms with Gasteiger partial charge in [-0.3, -0.25) is 4.90 Å². The fourth-order valence-corrected chi connectivity index (χ4v) is 4.71. The monoisotopic (exact) mass is 443 g/mol. The molecule has 1 N–H and O–H groups in total. The van der Waals surface area contributed by atoms with Gasteiger partial charge in [0.05, 0.1) is 23.0 Å². The number of cyclic esters (lactones) is 1. The topological polar surface area (TPSA) is 109 Å². The molecule has 9 heteroatoms. The molecule has 9 nitrogen and oxygen atoms in total. The van der Waals surface area contributed by atoms with Crippen molar-refractivity contribution in [2.24, 2.45) is 0 Å². The van der Waals surface area contributed by atoms with E-state index in [1.165, 1.54) is 10.4 Å². The lowest BCUT2D eigenvalue weighted by Gasteiger charge is -2.38. The highest BCUT2D eigenvalue weighted by Crippen LogP contribution is 2.31. The molecule has 1 saturated heterocycles. The molecule has 0 bridgehead atoms. The summed E-state index contributed by atoms with van der Waals surface area (Å²) in [6, 6.07) is 8.32. The van der Waals surface area contributed by atoms with Crippen molar-refractivity contribution in [3.05, 3.63) is 69.7 Å². The molecule has 0 aliphatic carbocycles. The van der Waals surface area contributed by atoms with Gasteiger partial charge in [-0.2, -0.15) is 15.5 Å². The first-order valence-electron chi connectivity index (χ1n) is 11.0. The molecular weight excluding hydrogens is 418 g/mol. The number of rotatable bonds is 4. The smallest absolute Gasteiger partial charge is 0.338 e. The third-order valence-electron chi connectivity index (χ3n) is 6.39. The first kappa shape index (κ1) is 21.2. The third-order valence-corrected chi connectivity index (χ3v) is 6.39. The molecule has 1 unspecified atom stereocenters. The number of piperazine rings is 1. The van der Waals surface area contributed by atoms with Crippen molar-refractivity contribution >= 4 is 5.97 Å². The van der Waals surface area contributed by atoms with E-state index in [-0.39, 0.29) is 12.0 Å². The van der Waals surface area contributed by atoms with Crippen molar-refractivity contribution in [1.29, 1.82) is 5.26 Å². The summed E-state index contributed by atoms with van der Waals surface area (Å²) in [5.41, 5.74) is 6.25. The largest absolute Gasteiger partial charge is 0.457 e. The molecular formula is C24H25N7O2. The van der Waals surface area contributed by atoms with Crippen LogP contribution in [0.4, 0.5) is 0 Å². The molecule has 0 spiro atoms. The fourth-order valence-electron chi connectivity index (χ4n) is 4.71. The van der Waals surface area contributed by atoms with E-state index in [4.69, 9.17) is 10.00 Å². The summed E-state index contributed by atoms with van der Waals surface area (Å²) in [5, 5.41) is 21.8. The van der Waals surface area contributed by atoms with Crippen LogP contribution in [-0.4, -0.2) is 50.0 Å². The van der Waals surface area contributed by atoms with Crippen LogP contribution in [0.15, 0.2) is 30.6 Å². The van der Waals surface area contributed by atoms with Gasteiger partial charge in [-0.15, -0.1) is 4.80 Å². The fraction of sp³-hybridized carbons (Fsp3) is 0.375. The van der Waals surface area contributed by atoms with E-state index in [1.807, 2.05) is 25.1 Å². The lowest BCUT2D eigenvalue weighted by Crippen LogP contribution is -2.50. The van der Waals surface area contributed by atoms with Crippen LogP contribution in [0.1, 0.15) is 56.8 Å². The zero-order chi connectivity index (χ0) is 23.1. The first-order chi connectivity index (χ1) is 15.9. The molecule has 0 radical (unpaired) electrons. The van der Waals surface area contributed by atoms with Crippen LogP contribution in [0, 0.1) is 25.2 Å². The first-order valence-corrected chi connectivity index (χ1v) is 11.0. The number of fused-ring (bicyclic) bond motifs is 1. The average molecular weight is 444 g/mol. The van der Waals surface area contributed by atoms with Crippen molar-refractivity contribution in [3.63, 3.8) is 0 Å². The van der Waals surface area contributed by atoms with E-state index >= 15 is 0 Å². The van der Waals surface area contributed by atoms with Gasteiger partial charge in [0.2, 0.25) is 0 Å². The van der Waals surface area contributed by atoms with E-state index < -0.39 is 0 Å². The minimum Gasteiger partial charge on any atom is -0.457 e. The molecule has 2 atom stereocenters. The highest BCUT2D eigenvalue weighted by atomic mass is 16.5. The number of hydrogen-bond acceptors (Lipinski definition) is 8. The predicted octanol–water partition coefficient (Wildman–Crippen LogP) is 2.36. The number of pyridine rings is 1. The number of aromatic nitrogens is 4. The zero-order valence-electron chi connectivity index (χ0n) is 18.9. The number of aryl methyl sites for hydroxylation is 1. The van der Waals surface area contributed by atoms with E-state index in [0.29, 0.717) is 36.1 Å². The zero-order valence-corrected chi connectivity index (χ0v) is 18.9. The maximum atomic E-state index is 11.9. The van der Waals surface area contributed by atoms with Crippen molar-refractivity contribution in [2.75, 3.05) is 13.1 Å². The number of carbonyl (C=O) groups excluding carboxylic acids is 1. The predicted molar refractivity (Wildman–Crippen MR) is 120 cm³/mol. The van der Waals surface area contributed by atoms with Gasteiger partial charge in [-0.1, -0.05) is 6.07 Å². The van der Waals surface area contributed by atoms with E-state index in [9.17, 15) is 4.79 Å². The molecule has 2 aromatic heterocycles. The minimum absolute atomic E-state index is 0.146. The number of ether oxygens (including phenoxy) is 1. The van der Waals surface area contributed by atoms with Crippen LogP contribution < -0.4 is 5.32 Å². The standard InChI is InChI=1S/C24H25N7O2/c1-14-6-23(26-8-17(14)7-25)31-27-9-18(29-31)11-30-10-15(2)28-22(12-30)19-4-5-20-21(16(19)3)13-33-24(20)32/h4-6,8-9,15,22,28H,10-13H2,1-3H3/t15-,22?/m0/s1. The Morgan fingerprint density at radius 2 is 2.12 bits per heavy atom. The van der Waals surface area contributed by atoms with Crippen molar-refractivity contribution < 1.29 is 9.53 Å². The Balaban J connectivity index is 1.33. The van der Waals surface area contributed by atoms with Gasteiger partial charge in [0.25, 0.3) is 0 Å². The summed E-state index contributed by atoms with van der Waals surface area (Å²) in [6.45, 7) is 8.85. The van der Waals surface area contributed by atoms with Crippen molar-refractivity contribution in [3.8, 4) is 11.9 Å². The van der Waals surface area contributed by atoms with Gasteiger partial charge in [0.1, 0.15) is 12.7 Å². The summed E-state index contributed by atoms with van der Waals surface area (Å²) in [7, 11) is 0. The molecule has 4 heterocycles. The summed E-state index contributed by atoms with van der Waals surface area (Å²) in [6.07, 6.45) is 3.31. The molecule has 3 aromatic rings. The number of nitrogens with zero attached hydrogens (tertiary/aromatic N) is 6. The second-order valence-electron chi connectivity index (χ2n) is 8.79. The molecule has 1 fully saturated rings. The molecule has 0 amide bonds. The number of benzene rings is 1. The highest BCUT2D eigenvalue weighted by molar-refractivity contribution is 5.94. The maximum absolute atomic E-state index is 11.9. The molecule has 168 valence electrons. The summed E-state index contributed by atoms with van der Waals surface area (Å²) in [4.78, 5) is 20.1. The van der Waals surface area contributed by atoms with Crippen LogP contribution in [0.5, 0.6) is 0 Å². The quantitative estimate of drug-likeness (QED) is 0.612. The number of hydrogen-bond donors (Lipinski definition) is 1. The Labute approximate surface area is 192 Å². The Hall–Kier alpha value is -3.61. The summed E-state index contributed by atoms with van der Waals surface area (Å²) in [5.74, 6) is 0.358. The number of nitriles is 1. The van der Waals surface area contributed by atoms with Gasteiger partial charge < -0.3 is 10.1 Å². The van der Waals surface area contributed by atoms with Crippen LogP contribution in [0.3, 0.4) is 0 Å². The maximum Gasteiger partial charge on any atom is 0.338 e. The van der Waals surface area contributed by atoms with Gasteiger partial charge >= 0.3 is 5.97 Å². The van der Waals surface area contributed by atoms with Crippen molar-refractivity contribution in [1.82, 2.24) is 30.2 Å². The SMILES string of the molecule is Cc1cc(-n2ncc(CN3CC(c4ccc5c(c4C)COC5=O)N[C@@H](C)C3)n2)ncc1C#N. The molecule has 5 rings (SSSR count). The summed E-state index contributed by atoms with van der Waals surface area (Å²) >= 11 is 0. The van der Waals surface area contributed by atoms with Gasteiger partial charge in [-0.25, -0.2) is 9.78 Å². The molecule has 2 aliphatic heterocycles. The van der Waals surface area contributed by atoms with Crippen LogP contribution >= 0.6 is 0 Å². The lowest BCUT2D eigenvalue weighted by atomic mass is 9.92. The molecule has 0 saturated carbocycles. The molecule has 1 aromatic carbocycles. The second-order valence-corrected chi connectivity index (χ2v) is 8.79. The molecule has 2 aliphatic rings. The van der Waals surface area contributed by atoms with Crippen LogP contribution in [-0.2, 0) is 17.9 Å². The highest BCUT2D eigenvalue weighted by Gasteiger charge is 2.30. The van der Waals surface area contributed by atoms with Gasteiger partial charge in [0, 0.05) is 43.5 Å². The molecule has 33 heavy (non-hydrogen) atoms. The lowest BCUT2D eigenvalue weighted by molar-refractivity contribution is 0.0535. The Morgan fingerprint density at radius 1 is 1.27 bits per heavy atom. The third kappa shape index (κ3) is 3.99. The van der Waals surface area contributed by atoms with Crippen molar-refractivity contribution in [2.45, 2.75) is 46.0 Å². The van der Waals surface area contributed by atoms with Gasteiger partial charge in [0.15, 0.2) is 5.82 Å². The van der Waals surface area contributed by atoms with Crippen LogP contribution in [0.25, 0.3) is 5.82 Å². The van der Waals surface area contributed by atoms with Crippen LogP contribution in [0.2, 0.25) is 0 Å². The number of carbonyl (C=O) groups is 1. The van der Waals surface area contributed by atoms with Gasteiger partial charge in [-0.05, 0) is 49.6 Å². The van der Waals surface area contributed by atoms with E-state index in [2.05, 4.69) is 45.3 Å². The summed E-state index contributed by atoms with van der Waals surface area (Å²) < 4.78 is 5.22. The minimum atomic E-state index is -0.235. The second kappa shape index (κ2) is 8.39. The number of nitrogens with one attached hydrogen (secondary N) is 1.